The molecule has 112 valence electrons. The summed E-state index contributed by atoms with van der Waals surface area (Å²) in [6.45, 7) is 2.94. The van der Waals surface area contributed by atoms with E-state index in [-0.39, 0.29) is 18.0 Å². The van der Waals surface area contributed by atoms with E-state index < -0.39 is 0 Å². The second-order valence-corrected chi connectivity index (χ2v) is 5.69. The number of likely N-dealkylation sites (N-methyl/N-ethyl adjacent to an activating group) is 1. The van der Waals surface area contributed by atoms with Gasteiger partial charge in [-0.3, -0.25) is 0 Å². The van der Waals surface area contributed by atoms with Gasteiger partial charge in [0.2, 0.25) is 0 Å². The van der Waals surface area contributed by atoms with E-state index in [0.717, 1.165) is 12.1 Å². The van der Waals surface area contributed by atoms with Gasteiger partial charge in [-0.25, -0.2) is 4.39 Å². The monoisotopic (exact) mass is 279 g/mol. The number of ether oxygens (including phenoxy) is 1. The van der Waals surface area contributed by atoms with Gasteiger partial charge in [0.05, 0.1) is 12.1 Å². The zero-order valence-corrected chi connectivity index (χ0v) is 12.6. The first-order valence-corrected chi connectivity index (χ1v) is 7.78. The topological polar surface area (TPSA) is 21.3 Å². The van der Waals surface area contributed by atoms with Gasteiger partial charge in [0.25, 0.3) is 0 Å². The van der Waals surface area contributed by atoms with Crippen molar-refractivity contribution < 1.29 is 9.13 Å². The third-order valence-corrected chi connectivity index (χ3v) is 4.35. The molecule has 1 aliphatic rings. The first-order chi connectivity index (χ1) is 9.76. The largest absolute Gasteiger partial charge is 0.379 e. The molecule has 0 spiro atoms. The fourth-order valence-corrected chi connectivity index (χ4v) is 3.41. The van der Waals surface area contributed by atoms with Crippen LogP contribution in [0.5, 0.6) is 0 Å². The summed E-state index contributed by atoms with van der Waals surface area (Å²) in [5.74, 6) is 0.393. The number of rotatable bonds is 6. The molecule has 0 heterocycles. The van der Waals surface area contributed by atoms with Crippen molar-refractivity contribution in [2.24, 2.45) is 5.92 Å². The van der Waals surface area contributed by atoms with Crippen molar-refractivity contribution >= 4 is 0 Å². The van der Waals surface area contributed by atoms with Crippen LogP contribution >= 0.6 is 0 Å². The molecule has 0 aromatic heterocycles. The Balaban J connectivity index is 2.20. The van der Waals surface area contributed by atoms with E-state index in [1.807, 2.05) is 6.07 Å². The van der Waals surface area contributed by atoms with Gasteiger partial charge >= 0.3 is 0 Å². The molecule has 0 amide bonds. The molecule has 1 saturated carbocycles. The fourth-order valence-electron chi connectivity index (χ4n) is 3.41. The van der Waals surface area contributed by atoms with Crippen molar-refractivity contribution in [3.8, 4) is 0 Å². The SMILES string of the molecule is CCNC(c1cccc(F)c1)C(OC)C1CCCCC1. The smallest absolute Gasteiger partial charge is 0.123 e. The lowest BCUT2D eigenvalue weighted by Crippen LogP contribution is -2.39. The van der Waals surface area contributed by atoms with E-state index in [1.165, 1.54) is 38.2 Å². The summed E-state index contributed by atoms with van der Waals surface area (Å²) in [5, 5.41) is 3.48. The van der Waals surface area contributed by atoms with Crippen molar-refractivity contribution in [2.75, 3.05) is 13.7 Å². The Morgan fingerprint density at radius 3 is 2.65 bits per heavy atom. The highest BCUT2D eigenvalue weighted by Gasteiger charge is 2.31. The third kappa shape index (κ3) is 3.80. The third-order valence-electron chi connectivity index (χ3n) is 4.35. The first kappa shape index (κ1) is 15.5. The Hall–Kier alpha value is -0.930. The highest BCUT2D eigenvalue weighted by atomic mass is 19.1. The minimum atomic E-state index is -0.177. The molecule has 0 bridgehead atoms. The molecule has 0 saturated heterocycles. The predicted molar refractivity (Wildman–Crippen MR) is 80.2 cm³/mol. The Bertz CT molecular complexity index is 404. The quantitative estimate of drug-likeness (QED) is 0.847. The molecule has 2 nitrogen and oxygen atoms in total. The van der Waals surface area contributed by atoms with Crippen LogP contribution in [-0.2, 0) is 4.74 Å². The number of benzene rings is 1. The molecule has 2 atom stereocenters. The molecule has 1 N–H and O–H groups in total. The Labute approximate surface area is 121 Å². The van der Waals surface area contributed by atoms with Gasteiger partial charge in [-0.1, -0.05) is 38.3 Å². The number of halogens is 1. The summed E-state index contributed by atoms with van der Waals surface area (Å²) in [5.41, 5.74) is 0.990. The second kappa shape index (κ2) is 7.75. The maximum Gasteiger partial charge on any atom is 0.123 e. The maximum absolute atomic E-state index is 13.5. The van der Waals surface area contributed by atoms with E-state index >= 15 is 0 Å². The van der Waals surface area contributed by atoms with E-state index in [9.17, 15) is 4.39 Å². The minimum absolute atomic E-state index is 0.0730. The summed E-state index contributed by atoms with van der Waals surface area (Å²) in [4.78, 5) is 0. The molecule has 1 aromatic rings. The van der Waals surface area contributed by atoms with Crippen molar-refractivity contribution in [3.63, 3.8) is 0 Å². The van der Waals surface area contributed by atoms with Crippen molar-refractivity contribution in [1.29, 1.82) is 0 Å². The van der Waals surface area contributed by atoms with Crippen LogP contribution in [0.4, 0.5) is 4.39 Å². The van der Waals surface area contributed by atoms with Crippen molar-refractivity contribution in [2.45, 2.75) is 51.2 Å². The molecule has 3 heteroatoms. The van der Waals surface area contributed by atoms with Crippen LogP contribution in [0.25, 0.3) is 0 Å². The molecule has 2 unspecified atom stereocenters. The molecule has 20 heavy (non-hydrogen) atoms. The number of hydrogen-bond acceptors (Lipinski definition) is 2. The van der Waals surface area contributed by atoms with Crippen LogP contribution in [0.1, 0.15) is 50.6 Å². The van der Waals surface area contributed by atoms with Gasteiger partial charge in [0, 0.05) is 7.11 Å². The first-order valence-electron chi connectivity index (χ1n) is 7.78. The second-order valence-electron chi connectivity index (χ2n) is 5.69. The number of nitrogens with one attached hydrogen (secondary N) is 1. The van der Waals surface area contributed by atoms with E-state index in [1.54, 1.807) is 19.2 Å². The molecule has 1 aromatic carbocycles. The molecule has 1 fully saturated rings. The average Bonchev–Trinajstić information content (AvgIpc) is 2.48. The molecule has 1 aliphatic carbocycles. The van der Waals surface area contributed by atoms with Crippen molar-refractivity contribution in [3.05, 3.63) is 35.6 Å². The molecular weight excluding hydrogens is 253 g/mol. The van der Waals surface area contributed by atoms with E-state index in [2.05, 4.69) is 12.2 Å². The number of hydrogen-bond donors (Lipinski definition) is 1. The lowest BCUT2D eigenvalue weighted by molar-refractivity contribution is 0.00786. The highest BCUT2D eigenvalue weighted by Crippen LogP contribution is 2.34. The van der Waals surface area contributed by atoms with Crippen LogP contribution in [-0.4, -0.2) is 19.8 Å². The van der Waals surface area contributed by atoms with Crippen LogP contribution in [0.2, 0.25) is 0 Å². The van der Waals surface area contributed by atoms with Crippen LogP contribution in [0.15, 0.2) is 24.3 Å². The lowest BCUT2D eigenvalue weighted by atomic mass is 9.81. The predicted octanol–water partition coefficient (Wildman–Crippen LogP) is 4.07. The van der Waals surface area contributed by atoms with Gasteiger partial charge in [-0.05, 0) is 43.0 Å². The standard InChI is InChI=1S/C17H26FNO/c1-3-19-16(14-10-7-11-15(18)12-14)17(20-2)13-8-5-4-6-9-13/h7,10-13,16-17,19H,3-6,8-9H2,1-2H3. The zero-order chi connectivity index (χ0) is 14.4. The Kier molecular flexibility index (Phi) is 5.99. The summed E-state index contributed by atoms with van der Waals surface area (Å²) < 4.78 is 19.3. The van der Waals surface area contributed by atoms with Gasteiger partial charge in [-0.2, -0.15) is 0 Å². The molecule has 0 radical (unpaired) electrons. The lowest BCUT2D eigenvalue weighted by Gasteiger charge is -2.35. The van der Waals surface area contributed by atoms with Crippen LogP contribution in [0.3, 0.4) is 0 Å². The average molecular weight is 279 g/mol. The maximum atomic E-state index is 13.5. The summed E-state index contributed by atoms with van der Waals surface area (Å²) in [6.07, 6.45) is 6.46. The Morgan fingerprint density at radius 1 is 1.30 bits per heavy atom. The van der Waals surface area contributed by atoms with Gasteiger partial charge in [0.15, 0.2) is 0 Å². The van der Waals surface area contributed by atoms with Crippen LogP contribution in [0, 0.1) is 11.7 Å². The summed E-state index contributed by atoms with van der Waals surface area (Å²) in [7, 11) is 1.78. The minimum Gasteiger partial charge on any atom is -0.379 e. The van der Waals surface area contributed by atoms with Gasteiger partial charge < -0.3 is 10.1 Å². The van der Waals surface area contributed by atoms with E-state index in [4.69, 9.17) is 4.74 Å². The normalized spacial score (nSPS) is 19.8. The van der Waals surface area contributed by atoms with Gasteiger partial charge in [0.1, 0.15) is 5.82 Å². The summed E-state index contributed by atoms with van der Waals surface area (Å²) in [6, 6.07) is 6.97. The Morgan fingerprint density at radius 2 is 2.05 bits per heavy atom. The summed E-state index contributed by atoms with van der Waals surface area (Å²) >= 11 is 0. The molecular formula is C17H26FNO. The van der Waals surface area contributed by atoms with Gasteiger partial charge in [-0.15, -0.1) is 0 Å². The molecule has 0 aliphatic heterocycles. The number of methoxy groups -OCH3 is 1. The molecule has 2 rings (SSSR count). The fraction of sp³-hybridized carbons (Fsp3) is 0.647. The van der Waals surface area contributed by atoms with Crippen molar-refractivity contribution in [1.82, 2.24) is 5.32 Å². The zero-order valence-electron chi connectivity index (χ0n) is 12.6. The van der Waals surface area contributed by atoms with Crippen LogP contribution < -0.4 is 5.32 Å². The van der Waals surface area contributed by atoms with E-state index in [0.29, 0.717) is 5.92 Å². The highest BCUT2D eigenvalue weighted by molar-refractivity contribution is 5.21.